The molecule has 14 heavy (non-hydrogen) atoms. The highest BCUT2D eigenvalue weighted by molar-refractivity contribution is 9.10. The average Bonchev–Trinajstić information content (AvgIpc) is 2.14. The number of rotatable bonds is 4. The van der Waals surface area contributed by atoms with E-state index in [1.807, 2.05) is 6.07 Å². The highest BCUT2D eigenvalue weighted by Gasteiger charge is 2.04. The van der Waals surface area contributed by atoms with Crippen LogP contribution in [-0.4, -0.2) is 13.0 Å². The second-order valence-electron chi connectivity index (χ2n) is 2.70. The maximum Gasteiger partial charge on any atom is 0.272 e. The van der Waals surface area contributed by atoms with Gasteiger partial charge in [0, 0.05) is 11.0 Å². The minimum atomic E-state index is -2.46. The highest BCUT2D eigenvalue weighted by Crippen LogP contribution is 2.21. The topological polar surface area (TPSA) is 35.2 Å². The highest BCUT2D eigenvalue weighted by atomic mass is 79.9. The third kappa shape index (κ3) is 3.59. The third-order valence-corrected chi connectivity index (χ3v) is 2.00. The number of ether oxygens (including phenoxy) is 1. The number of hydrogen-bond acceptors (Lipinski definition) is 2. The lowest BCUT2D eigenvalue weighted by molar-refractivity contribution is 0.0818. The zero-order valence-electron chi connectivity index (χ0n) is 7.34. The van der Waals surface area contributed by atoms with Crippen LogP contribution in [0.25, 0.3) is 0 Å². The molecule has 0 fully saturated rings. The van der Waals surface area contributed by atoms with Crippen molar-refractivity contribution in [2.45, 2.75) is 13.0 Å². The summed E-state index contributed by atoms with van der Waals surface area (Å²) in [6, 6.07) is 5.09. The Morgan fingerprint density at radius 3 is 2.64 bits per heavy atom. The first-order chi connectivity index (χ1) is 6.61. The van der Waals surface area contributed by atoms with Gasteiger partial charge in [0.05, 0.1) is 0 Å². The van der Waals surface area contributed by atoms with Gasteiger partial charge < -0.3 is 10.5 Å². The molecule has 2 nitrogen and oxygen atoms in total. The summed E-state index contributed by atoms with van der Waals surface area (Å²) in [7, 11) is 0. The van der Waals surface area contributed by atoms with E-state index in [0.717, 1.165) is 10.0 Å². The number of halogens is 3. The summed E-state index contributed by atoms with van der Waals surface area (Å²) in [4.78, 5) is 0. The van der Waals surface area contributed by atoms with Crippen molar-refractivity contribution in [3.63, 3.8) is 0 Å². The fraction of sp³-hybridized carbons (Fsp3) is 0.333. The van der Waals surface area contributed by atoms with Gasteiger partial charge in [-0.05, 0) is 23.8 Å². The maximum atomic E-state index is 11.8. The zero-order chi connectivity index (χ0) is 10.6. The van der Waals surface area contributed by atoms with Crippen molar-refractivity contribution in [3.05, 3.63) is 28.2 Å². The standard InChI is InChI=1S/C9H10BrF2NO/c10-7-1-6(4-13)2-8(3-7)14-5-9(11)12/h1-3,9H,4-5,13H2. The Kier molecular flexibility index (Phi) is 4.28. The summed E-state index contributed by atoms with van der Waals surface area (Å²) < 4.78 is 29.3. The van der Waals surface area contributed by atoms with Crippen LogP contribution in [0.1, 0.15) is 5.56 Å². The van der Waals surface area contributed by atoms with Crippen LogP contribution in [0.2, 0.25) is 0 Å². The normalized spacial score (nSPS) is 10.6. The number of benzene rings is 1. The fourth-order valence-electron chi connectivity index (χ4n) is 0.981. The Hall–Kier alpha value is -0.680. The Balaban J connectivity index is 2.71. The summed E-state index contributed by atoms with van der Waals surface area (Å²) in [6.45, 7) is -0.245. The van der Waals surface area contributed by atoms with Crippen molar-refractivity contribution in [2.24, 2.45) is 5.73 Å². The first-order valence-corrected chi connectivity index (χ1v) is 4.81. The minimum Gasteiger partial charge on any atom is -0.488 e. The second kappa shape index (κ2) is 5.26. The molecular weight excluding hydrogens is 256 g/mol. The summed E-state index contributed by atoms with van der Waals surface area (Å²) in [5, 5.41) is 0. The second-order valence-corrected chi connectivity index (χ2v) is 3.62. The summed E-state index contributed by atoms with van der Waals surface area (Å²) in [6.07, 6.45) is -2.46. The van der Waals surface area contributed by atoms with Gasteiger partial charge in [-0.2, -0.15) is 0 Å². The molecule has 0 radical (unpaired) electrons. The van der Waals surface area contributed by atoms with Crippen LogP contribution < -0.4 is 10.5 Å². The van der Waals surface area contributed by atoms with E-state index in [2.05, 4.69) is 15.9 Å². The molecule has 1 aromatic rings. The molecule has 0 bridgehead atoms. The SMILES string of the molecule is NCc1cc(Br)cc(OCC(F)F)c1. The van der Waals surface area contributed by atoms with Crippen LogP contribution in [0, 0.1) is 0 Å². The summed E-state index contributed by atoms with van der Waals surface area (Å²) >= 11 is 3.24. The van der Waals surface area contributed by atoms with Gasteiger partial charge in [-0.1, -0.05) is 15.9 Å². The van der Waals surface area contributed by atoms with E-state index >= 15 is 0 Å². The van der Waals surface area contributed by atoms with Gasteiger partial charge in [-0.3, -0.25) is 0 Å². The predicted octanol–water partition coefficient (Wildman–Crippen LogP) is 2.55. The number of nitrogens with two attached hydrogens (primary N) is 1. The maximum absolute atomic E-state index is 11.8. The molecule has 0 heterocycles. The number of hydrogen-bond donors (Lipinski definition) is 1. The van der Waals surface area contributed by atoms with Crippen LogP contribution >= 0.6 is 15.9 Å². The van der Waals surface area contributed by atoms with Gasteiger partial charge in [0.2, 0.25) is 0 Å². The van der Waals surface area contributed by atoms with E-state index < -0.39 is 13.0 Å². The molecule has 0 saturated carbocycles. The van der Waals surface area contributed by atoms with Crippen molar-refractivity contribution in [3.8, 4) is 5.75 Å². The number of alkyl halides is 2. The van der Waals surface area contributed by atoms with Gasteiger partial charge >= 0.3 is 0 Å². The smallest absolute Gasteiger partial charge is 0.272 e. The van der Waals surface area contributed by atoms with Crippen LogP contribution in [0.3, 0.4) is 0 Å². The molecular formula is C9H10BrF2NO. The molecule has 0 amide bonds. The minimum absolute atomic E-state index is 0.352. The Morgan fingerprint density at radius 2 is 2.07 bits per heavy atom. The molecule has 2 N–H and O–H groups in total. The molecule has 0 atom stereocenters. The molecule has 5 heteroatoms. The van der Waals surface area contributed by atoms with Gasteiger partial charge in [-0.15, -0.1) is 0 Å². The van der Waals surface area contributed by atoms with Crippen molar-refractivity contribution in [1.29, 1.82) is 0 Å². The molecule has 0 spiro atoms. The van der Waals surface area contributed by atoms with Gasteiger partial charge in [0.15, 0.2) is 0 Å². The Bertz CT molecular complexity index is 307. The van der Waals surface area contributed by atoms with Crippen molar-refractivity contribution in [2.75, 3.05) is 6.61 Å². The predicted molar refractivity (Wildman–Crippen MR) is 53.5 cm³/mol. The molecule has 0 unspecified atom stereocenters. The molecule has 0 aliphatic rings. The summed E-state index contributed by atoms with van der Waals surface area (Å²) in [5.74, 6) is 0.403. The lowest BCUT2D eigenvalue weighted by Gasteiger charge is -2.07. The van der Waals surface area contributed by atoms with E-state index in [-0.39, 0.29) is 0 Å². The lowest BCUT2D eigenvalue weighted by atomic mass is 10.2. The van der Waals surface area contributed by atoms with Crippen molar-refractivity contribution in [1.82, 2.24) is 0 Å². The van der Waals surface area contributed by atoms with E-state index in [4.69, 9.17) is 10.5 Å². The fourth-order valence-corrected chi connectivity index (χ4v) is 1.50. The molecule has 1 aromatic carbocycles. The van der Waals surface area contributed by atoms with Crippen LogP contribution in [0.4, 0.5) is 8.78 Å². The van der Waals surface area contributed by atoms with Crippen molar-refractivity contribution < 1.29 is 13.5 Å². The lowest BCUT2D eigenvalue weighted by Crippen LogP contribution is -2.07. The first kappa shape index (κ1) is 11.4. The van der Waals surface area contributed by atoms with Gasteiger partial charge in [-0.25, -0.2) is 8.78 Å². The third-order valence-electron chi connectivity index (χ3n) is 1.54. The molecule has 0 aliphatic heterocycles. The molecule has 0 saturated heterocycles. The van der Waals surface area contributed by atoms with E-state index in [1.54, 1.807) is 12.1 Å². The van der Waals surface area contributed by atoms with E-state index in [0.29, 0.717) is 12.3 Å². The van der Waals surface area contributed by atoms with E-state index in [9.17, 15) is 8.78 Å². The zero-order valence-corrected chi connectivity index (χ0v) is 8.93. The van der Waals surface area contributed by atoms with Crippen LogP contribution in [0.15, 0.2) is 22.7 Å². The molecule has 0 aromatic heterocycles. The van der Waals surface area contributed by atoms with Gasteiger partial charge in [0.25, 0.3) is 6.43 Å². The Morgan fingerprint density at radius 1 is 1.36 bits per heavy atom. The summed E-state index contributed by atoms with van der Waals surface area (Å²) in [5.41, 5.74) is 6.26. The van der Waals surface area contributed by atoms with Gasteiger partial charge in [0.1, 0.15) is 12.4 Å². The largest absolute Gasteiger partial charge is 0.488 e. The van der Waals surface area contributed by atoms with Crippen molar-refractivity contribution >= 4 is 15.9 Å². The first-order valence-electron chi connectivity index (χ1n) is 4.02. The quantitative estimate of drug-likeness (QED) is 0.908. The van der Waals surface area contributed by atoms with Crippen LogP contribution in [0.5, 0.6) is 5.75 Å². The van der Waals surface area contributed by atoms with E-state index in [1.165, 1.54) is 0 Å². The Labute approximate surface area is 89.2 Å². The average molecular weight is 266 g/mol. The molecule has 0 aliphatic carbocycles. The molecule has 78 valence electrons. The molecule has 1 rings (SSSR count). The van der Waals surface area contributed by atoms with Crippen LogP contribution in [-0.2, 0) is 6.54 Å². The monoisotopic (exact) mass is 265 g/mol.